The molecule has 0 bridgehead atoms. The second kappa shape index (κ2) is 25.5. The van der Waals surface area contributed by atoms with E-state index in [1.165, 1.54) is 14.2 Å². The molecule has 0 saturated heterocycles. The van der Waals surface area contributed by atoms with Crippen LogP contribution in [0.5, 0.6) is 5.75 Å². The van der Waals surface area contributed by atoms with Crippen molar-refractivity contribution in [2.24, 2.45) is 11.8 Å². The number of carbonyl (C=O) groups excluding carboxylic acids is 4. The number of nitrogens with zero attached hydrogens (tertiary/aromatic N) is 1. The first kappa shape index (κ1) is 45.7. The standard InChI is InChI=1S/C38H61N7O9/c1-26(2)33(42-37(49)39-17-19-51-5)35(47)41-31(23-28-11-9-8-10-12-28)32(46)25-45(24-29-13-15-30(16-14-29)54-22-21-53-7)44-36(48)34(27(3)4)43-38(50)40-18-20-52-6/h8-16,26-27,31-34,46H,17-25H2,1-7H3,(H,41,47)(H,44,48)(H2,39,42,49)(H2,40,43,50)/t31-,32-,33-,34-/m0/s1. The molecule has 2 aromatic rings. The lowest BCUT2D eigenvalue weighted by molar-refractivity contribution is -0.131. The molecule has 54 heavy (non-hydrogen) atoms. The van der Waals surface area contributed by atoms with Gasteiger partial charge in [0.1, 0.15) is 24.4 Å². The molecule has 2 aromatic carbocycles. The first-order valence-corrected chi connectivity index (χ1v) is 18.2. The van der Waals surface area contributed by atoms with Crippen molar-refractivity contribution in [1.82, 2.24) is 37.0 Å². The second-order valence-electron chi connectivity index (χ2n) is 13.4. The van der Waals surface area contributed by atoms with E-state index in [4.69, 9.17) is 18.9 Å². The van der Waals surface area contributed by atoms with Crippen molar-refractivity contribution in [3.05, 3.63) is 65.7 Å². The minimum absolute atomic E-state index is 0.113. The molecule has 0 aliphatic carbocycles. The van der Waals surface area contributed by atoms with Crippen LogP contribution in [0.4, 0.5) is 9.59 Å². The Kier molecular flexibility index (Phi) is 21.6. The molecule has 2 rings (SSSR count). The molecule has 0 heterocycles. The maximum atomic E-state index is 13.8. The van der Waals surface area contributed by atoms with Crippen molar-refractivity contribution >= 4 is 23.9 Å². The number of amides is 6. The van der Waals surface area contributed by atoms with Gasteiger partial charge in [-0.1, -0.05) is 70.2 Å². The Morgan fingerprint density at radius 1 is 0.667 bits per heavy atom. The first-order valence-electron chi connectivity index (χ1n) is 18.2. The average Bonchev–Trinajstić information content (AvgIpc) is 3.13. The van der Waals surface area contributed by atoms with Crippen molar-refractivity contribution in [1.29, 1.82) is 0 Å². The zero-order valence-electron chi connectivity index (χ0n) is 32.7. The highest BCUT2D eigenvalue weighted by molar-refractivity contribution is 5.88. The number of hydrogen-bond acceptors (Lipinski definition) is 10. The van der Waals surface area contributed by atoms with Gasteiger partial charge < -0.3 is 50.6 Å². The minimum atomic E-state index is -1.21. The fourth-order valence-electron chi connectivity index (χ4n) is 5.29. The predicted molar refractivity (Wildman–Crippen MR) is 205 cm³/mol. The van der Waals surface area contributed by atoms with E-state index < -0.39 is 48.1 Å². The van der Waals surface area contributed by atoms with E-state index in [0.29, 0.717) is 32.2 Å². The summed E-state index contributed by atoms with van der Waals surface area (Å²) in [5.41, 5.74) is 4.55. The Bertz CT molecular complexity index is 1380. The van der Waals surface area contributed by atoms with Crippen LogP contribution < -0.4 is 36.7 Å². The van der Waals surface area contributed by atoms with E-state index in [9.17, 15) is 24.3 Å². The van der Waals surface area contributed by atoms with Crippen molar-refractivity contribution < 1.29 is 43.2 Å². The summed E-state index contributed by atoms with van der Waals surface area (Å²) in [6, 6.07) is 12.9. The van der Waals surface area contributed by atoms with Gasteiger partial charge in [0.25, 0.3) is 5.91 Å². The summed E-state index contributed by atoms with van der Waals surface area (Å²) in [6.45, 7) is 9.25. The second-order valence-corrected chi connectivity index (χ2v) is 13.4. The number of nitrogens with one attached hydrogen (secondary N) is 6. The summed E-state index contributed by atoms with van der Waals surface area (Å²) in [4.78, 5) is 52.7. The highest BCUT2D eigenvalue weighted by Gasteiger charge is 2.32. The maximum absolute atomic E-state index is 13.8. The average molecular weight is 760 g/mol. The van der Waals surface area contributed by atoms with Gasteiger partial charge in [0.15, 0.2) is 0 Å². The fraction of sp³-hybridized carbons (Fsp3) is 0.579. The van der Waals surface area contributed by atoms with Gasteiger partial charge in [-0.25, -0.2) is 14.6 Å². The van der Waals surface area contributed by atoms with E-state index in [1.54, 1.807) is 24.3 Å². The van der Waals surface area contributed by atoms with Crippen LogP contribution in [0.15, 0.2) is 54.6 Å². The largest absolute Gasteiger partial charge is 0.491 e. The van der Waals surface area contributed by atoms with E-state index >= 15 is 0 Å². The van der Waals surface area contributed by atoms with Crippen LogP contribution >= 0.6 is 0 Å². The highest BCUT2D eigenvalue weighted by atomic mass is 16.5. The van der Waals surface area contributed by atoms with Gasteiger partial charge in [0, 0.05) is 47.5 Å². The van der Waals surface area contributed by atoms with E-state index in [-0.39, 0.29) is 44.4 Å². The molecule has 6 amide bonds. The third-order valence-electron chi connectivity index (χ3n) is 8.27. The van der Waals surface area contributed by atoms with Crippen LogP contribution in [-0.2, 0) is 36.8 Å². The number of benzene rings is 2. The van der Waals surface area contributed by atoms with Gasteiger partial charge in [-0.2, -0.15) is 0 Å². The topological polar surface area (TPSA) is 201 Å². The van der Waals surface area contributed by atoms with Gasteiger partial charge in [0.05, 0.1) is 32.0 Å². The van der Waals surface area contributed by atoms with Crippen molar-refractivity contribution in [2.45, 2.75) is 64.9 Å². The van der Waals surface area contributed by atoms with E-state index in [2.05, 4.69) is 32.0 Å². The Morgan fingerprint density at radius 2 is 1.20 bits per heavy atom. The van der Waals surface area contributed by atoms with Crippen molar-refractivity contribution in [3.8, 4) is 5.75 Å². The van der Waals surface area contributed by atoms with Gasteiger partial charge >= 0.3 is 12.1 Å². The minimum Gasteiger partial charge on any atom is -0.491 e. The molecule has 0 aliphatic rings. The number of hydrazine groups is 1. The van der Waals surface area contributed by atoms with Crippen LogP contribution in [-0.4, -0.2) is 126 Å². The lowest BCUT2D eigenvalue weighted by Crippen LogP contribution is -2.60. The summed E-state index contributed by atoms with van der Waals surface area (Å²) in [7, 11) is 4.64. The van der Waals surface area contributed by atoms with Crippen LogP contribution in [0.1, 0.15) is 38.8 Å². The predicted octanol–water partition coefficient (Wildman–Crippen LogP) is 1.57. The lowest BCUT2D eigenvalue weighted by Gasteiger charge is -2.33. The van der Waals surface area contributed by atoms with Gasteiger partial charge in [-0.3, -0.25) is 15.0 Å². The normalized spacial score (nSPS) is 13.5. The molecule has 0 aromatic heterocycles. The molecular formula is C38H61N7O9. The number of hydrogen-bond donors (Lipinski definition) is 7. The quantitative estimate of drug-likeness (QED) is 0.0576. The van der Waals surface area contributed by atoms with Crippen LogP contribution in [0.25, 0.3) is 0 Å². The zero-order valence-corrected chi connectivity index (χ0v) is 32.7. The molecule has 16 nitrogen and oxygen atoms in total. The molecule has 16 heteroatoms. The van der Waals surface area contributed by atoms with Crippen LogP contribution in [0, 0.1) is 11.8 Å². The number of urea groups is 2. The molecule has 0 aliphatic heterocycles. The van der Waals surface area contributed by atoms with Gasteiger partial charge in [-0.05, 0) is 41.5 Å². The Morgan fingerprint density at radius 3 is 1.72 bits per heavy atom. The number of methoxy groups -OCH3 is 3. The number of carbonyl (C=O) groups is 4. The SMILES string of the molecule is COCCNC(=O)N[C@H](C(=O)N[C@@H](Cc1ccccc1)[C@@H](O)CN(Cc1ccc(OCCOC)cc1)NC(=O)[C@@H](NC(=O)NCCOC)C(C)C)C(C)C. The van der Waals surface area contributed by atoms with Crippen molar-refractivity contribution in [2.75, 3.05) is 67.4 Å². The molecule has 4 atom stereocenters. The van der Waals surface area contributed by atoms with Crippen molar-refractivity contribution in [3.63, 3.8) is 0 Å². The molecule has 0 unspecified atom stereocenters. The smallest absolute Gasteiger partial charge is 0.315 e. The molecule has 0 fully saturated rings. The van der Waals surface area contributed by atoms with E-state index in [0.717, 1.165) is 11.1 Å². The summed E-state index contributed by atoms with van der Waals surface area (Å²) < 4.78 is 20.7. The Hall–Kier alpha value is -4.48. The fourth-order valence-corrected chi connectivity index (χ4v) is 5.29. The van der Waals surface area contributed by atoms with Gasteiger partial charge in [0.2, 0.25) is 5.91 Å². The van der Waals surface area contributed by atoms with Crippen LogP contribution in [0.3, 0.4) is 0 Å². The summed E-state index contributed by atoms with van der Waals surface area (Å²) in [5.74, 6) is -0.898. The lowest BCUT2D eigenvalue weighted by atomic mass is 9.98. The first-order chi connectivity index (χ1) is 25.9. The number of ether oxygens (including phenoxy) is 4. The molecule has 7 N–H and O–H groups in total. The summed E-state index contributed by atoms with van der Waals surface area (Å²) >= 11 is 0. The highest BCUT2D eigenvalue weighted by Crippen LogP contribution is 2.16. The van der Waals surface area contributed by atoms with Gasteiger partial charge in [-0.15, -0.1) is 0 Å². The number of aliphatic hydroxyl groups is 1. The molecular weight excluding hydrogens is 698 g/mol. The third kappa shape index (κ3) is 17.6. The Balaban J connectivity index is 2.37. The van der Waals surface area contributed by atoms with E-state index in [1.807, 2.05) is 70.2 Å². The number of rotatable bonds is 25. The zero-order chi connectivity index (χ0) is 39.9. The molecule has 0 spiro atoms. The summed E-state index contributed by atoms with van der Waals surface area (Å²) in [6.07, 6.45) is -0.955. The van der Waals surface area contributed by atoms with Crippen LogP contribution in [0.2, 0.25) is 0 Å². The molecule has 0 radical (unpaired) electrons. The summed E-state index contributed by atoms with van der Waals surface area (Å²) in [5, 5.41) is 27.2. The monoisotopic (exact) mass is 759 g/mol. The third-order valence-corrected chi connectivity index (χ3v) is 8.27. The number of aliphatic hydroxyl groups excluding tert-OH is 1. The molecule has 0 saturated carbocycles. The Labute approximate surface area is 319 Å². The molecule has 302 valence electrons. The maximum Gasteiger partial charge on any atom is 0.315 e.